The van der Waals surface area contributed by atoms with Crippen molar-refractivity contribution in [2.24, 2.45) is 0 Å². The van der Waals surface area contributed by atoms with E-state index in [1.807, 2.05) is 6.20 Å². The normalized spacial score (nSPS) is 21.7. The molecule has 0 amide bonds. The Bertz CT molecular complexity index is 438. The molecule has 1 saturated heterocycles. The van der Waals surface area contributed by atoms with Crippen LogP contribution in [0.2, 0.25) is 0 Å². The molecule has 1 aliphatic heterocycles. The van der Waals surface area contributed by atoms with Crippen LogP contribution in [-0.2, 0) is 12.0 Å². The average Bonchev–Trinajstić information content (AvgIpc) is 2.42. The quantitative estimate of drug-likeness (QED) is 0.919. The molecule has 1 aliphatic rings. The van der Waals surface area contributed by atoms with E-state index in [-0.39, 0.29) is 12.0 Å². The summed E-state index contributed by atoms with van der Waals surface area (Å²) in [5.74, 6) is 0. The Hall–Kier alpha value is -0.970. The van der Waals surface area contributed by atoms with Crippen molar-refractivity contribution in [3.8, 4) is 0 Å². The van der Waals surface area contributed by atoms with Gasteiger partial charge in [0.05, 0.1) is 6.61 Å². The average molecular weight is 291 g/mol. The number of nitrogens with zero attached hydrogens (tertiary/aromatic N) is 3. The Morgan fingerprint density at radius 2 is 2.05 bits per heavy atom. The van der Waals surface area contributed by atoms with Crippen LogP contribution < -0.4 is 0 Å². The van der Waals surface area contributed by atoms with Gasteiger partial charge in [-0.2, -0.15) is 0 Å². The second-order valence-electron chi connectivity index (χ2n) is 7.15. The highest BCUT2D eigenvalue weighted by atomic mass is 16.3. The monoisotopic (exact) mass is 291 g/mol. The van der Waals surface area contributed by atoms with E-state index in [1.54, 1.807) is 0 Å². The van der Waals surface area contributed by atoms with Crippen LogP contribution in [0.5, 0.6) is 0 Å². The number of aliphatic hydroxyl groups is 1. The first kappa shape index (κ1) is 16.4. The van der Waals surface area contributed by atoms with Crippen LogP contribution in [0.25, 0.3) is 0 Å². The molecule has 0 radical (unpaired) electrons. The first-order chi connectivity index (χ1) is 9.90. The summed E-state index contributed by atoms with van der Waals surface area (Å²) >= 11 is 0. The van der Waals surface area contributed by atoms with E-state index in [1.165, 1.54) is 5.56 Å². The minimum atomic E-state index is 0.114. The number of aromatic nitrogens is 1. The SMILES string of the molecule is C[C@H]1CN(Cc2ccc(C(C)(C)C)nc2)CCN1CCO. The van der Waals surface area contributed by atoms with Crippen LogP contribution in [0, 0.1) is 0 Å². The lowest BCUT2D eigenvalue weighted by Gasteiger charge is -2.39. The fourth-order valence-corrected chi connectivity index (χ4v) is 2.89. The van der Waals surface area contributed by atoms with Gasteiger partial charge in [0, 0.05) is 56.1 Å². The molecular formula is C17H29N3O. The van der Waals surface area contributed by atoms with E-state index in [9.17, 15) is 0 Å². The first-order valence-corrected chi connectivity index (χ1v) is 7.93. The molecule has 1 N–H and O–H groups in total. The summed E-state index contributed by atoms with van der Waals surface area (Å²) in [5, 5.41) is 9.07. The summed E-state index contributed by atoms with van der Waals surface area (Å²) in [6, 6.07) is 4.87. The molecule has 21 heavy (non-hydrogen) atoms. The molecular weight excluding hydrogens is 262 g/mol. The van der Waals surface area contributed by atoms with E-state index < -0.39 is 0 Å². The minimum absolute atomic E-state index is 0.114. The van der Waals surface area contributed by atoms with Gasteiger partial charge in [0.1, 0.15) is 0 Å². The molecule has 4 heteroatoms. The van der Waals surface area contributed by atoms with E-state index in [0.29, 0.717) is 6.04 Å². The highest BCUT2D eigenvalue weighted by Crippen LogP contribution is 2.20. The van der Waals surface area contributed by atoms with Gasteiger partial charge in [-0.1, -0.05) is 26.8 Å². The van der Waals surface area contributed by atoms with Gasteiger partial charge in [0.2, 0.25) is 0 Å². The van der Waals surface area contributed by atoms with Gasteiger partial charge in [-0.3, -0.25) is 14.8 Å². The third-order valence-corrected chi connectivity index (χ3v) is 4.24. The molecule has 0 saturated carbocycles. The van der Waals surface area contributed by atoms with E-state index in [2.05, 4.69) is 54.6 Å². The summed E-state index contributed by atoms with van der Waals surface area (Å²) in [5.41, 5.74) is 2.54. The first-order valence-electron chi connectivity index (χ1n) is 7.93. The van der Waals surface area contributed by atoms with Crippen LogP contribution >= 0.6 is 0 Å². The lowest BCUT2D eigenvalue weighted by Crippen LogP contribution is -2.52. The predicted molar refractivity (Wildman–Crippen MR) is 86.3 cm³/mol. The van der Waals surface area contributed by atoms with Gasteiger partial charge in [-0.25, -0.2) is 0 Å². The van der Waals surface area contributed by atoms with E-state index in [0.717, 1.165) is 38.4 Å². The highest BCUT2D eigenvalue weighted by Gasteiger charge is 2.23. The molecule has 1 aromatic rings. The second-order valence-corrected chi connectivity index (χ2v) is 7.15. The highest BCUT2D eigenvalue weighted by molar-refractivity contribution is 5.19. The summed E-state index contributed by atoms with van der Waals surface area (Å²) in [6.45, 7) is 14.0. The maximum atomic E-state index is 9.07. The maximum absolute atomic E-state index is 9.07. The fraction of sp³-hybridized carbons (Fsp3) is 0.706. The van der Waals surface area contributed by atoms with Crippen molar-refractivity contribution in [3.05, 3.63) is 29.6 Å². The molecule has 1 fully saturated rings. The van der Waals surface area contributed by atoms with Crippen LogP contribution in [0.1, 0.15) is 39.0 Å². The van der Waals surface area contributed by atoms with Gasteiger partial charge in [-0.05, 0) is 18.6 Å². The predicted octanol–water partition coefficient (Wildman–Crippen LogP) is 1.88. The van der Waals surface area contributed by atoms with Crippen LogP contribution in [0.15, 0.2) is 18.3 Å². The van der Waals surface area contributed by atoms with Crippen LogP contribution in [0.3, 0.4) is 0 Å². The number of hydrogen-bond acceptors (Lipinski definition) is 4. The molecule has 0 aromatic carbocycles. The number of aliphatic hydroxyl groups excluding tert-OH is 1. The Labute approximate surface area is 128 Å². The second kappa shape index (κ2) is 6.86. The molecule has 2 heterocycles. The van der Waals surface area contributed by atoms with Crippen molar-refractivity contribution in [2.45, 2.75) is 45.7 Å². The molecule has 2 rings (SSSR count). The zero-order valence-corrected chi connectivity index (χ0v) is 13.8. The summed E-state index contributed by atoms with van der Waals surface area (Å²) in [7, 11) is 0. The number of hydrogen-bond donors (Lipinski definition) is 1. The molecule has 0 spiro atoms. The number of pyridine rings is 1. The van der Waals surface area contributed by atoms with Crippen molar-refractivity contribution in [2.75, 3.05) is 32.8 Å². The maximum Gasteiger partial charge on any atom is 0.0558 e. The summed E-state index contributed by atoms with van der Waals surface area (Å²) < 4.78 is 0. The lowest BCUT2D eigenvalue weighted by molar-refractivity contribution is 0.0647. The lowest BCUT2D eigenvalue weighted by atomic mass is 9.91. The van der Waals surface area contributed by atoms with E-state index >= 15 is 0 Å². The summed E-state index contributed by atoms with van der Waals surface area (Å²) in [6.07, 6.45) is 2.02. The van der Waals surface area contributed by atoms with Crippen molar-refractivity contribution >= 4 is 0 Å². The van der Waals surface area contributed by atoms with Gasteiger partial charge in [0.15, 0.2) is 0 Å². The Morgan fingerprint density at radius 1 is 1.29 bits per heavy atom. The largest absolute Gasteiger partial charge is 0.395 e. The minimum Gasteiger partial charge on any atom is -0.395 e. The molecule has 1 atom stereocenters. The molecule has 0 aliphatic carbocycles. The smallest absolute Gasteiger partial charge is 0.0558 e. The Kier molecular flexibility index (Phi) is 5.36. The third kappa shape index (κ3) is 4.50. The van der Waals surface area contributed by atoms with E-state index in [4.69, 9.17) is 5.11 Å². The Balaban J connectivity index is 1.91. The summed E-state index contributed by atoms with van der Waals surface area (Å²) in [4.78, 5) is 9.45. The molecule has 118 valence electrons. The van der Waals surface area contributed by atoms with Crippen molar-refractivity contribution < 1.29 is 5.11 Å². The fourth-order valence-electron chi connectivity index (χ4n) is 2.89. The van der Waals surface area contributed by atoms with Crippen LogP contribution in [-0.4, -0.2) is 58.7 Å². The third-order valence-electron chi connectivity index (χ3n) is 4.24. The molecule has 4 nitrogen and oxygen atoms in total. The molecule has 1 aromatic heterocycles. The van der Waals surface area contributed by atoms with Crippen molar-refractivity contribution in [1.82, 2.24) is 14.8 Å². The van der Waals surface area contributed by atoms with Gasteiger partial charge < -0.3 is 5.11 Å². The Morgan fingerprint density at radius 3 is 2.57 bits per heavy atom. The van der Waals surface area contributed by atoms with Crippen molar-refractivity contribution in [3.63, 3.8) is 0 Å². The van der Waals surface area contributed by atoms with Gasteiger partial charge in [-0.15, -0.1) is 0 Å². The number of rotatable bonds is 4. The van der Waals surface area contributed by atoms with Crippen LogP contribution in [0.4, 0.5) is 0 Å². The van der Waals surface area contributed by atoms with Crippen molar-refractivity contribution in [1.29, 1.82) is 0 Å². The standard InChI is InChI=1S/C17H29N3O/c1-14-12-19(7-8-20(14)9-10-21)13-15-5-6-16(18-11-15)17(2,3)4/h5-6,11,14,21H,7-10,12-13H2,1-4H3/t14-/m0/s1. The molecule has 0 unspecified atom stereocenters. The number of β-amino-alcohol motifs (C(OH)–C–C–N with tert-alkyl or cyclic N) is 1. The zero-order valence-electron chi connectivity index (χ0n) is 13.8. The molecule has 0 bridgehead atoms. The van der Waals surface area contributed by atoms with Gasteiger partial charge >= 0.3 is 0 Å². The number of piperazine rings is 1. The zero-order chi connectivity index (χ0) is 15.5. The topological polar surface area (TPSA) is 39.6 Å². The van der Waals surface area contributed by atoms with Gasteiger partial charge in [0.25, 0.3) is 0 Å².